The lowest BCUT2D eigenvalue weighted by Crippen LogP contribution is -2.70. The number of Topliss-reactive ketones (excluding diaryl/α,β-unsaturated/α-hetero) is 1. The van der Waals surface area contributed by atoms with E-state index in [-0.39, 0.29) is 36.3 Å². The first-order chi connectivity index (χ1) is 13.4. The molecule has 8 atom stereocenters. The lowest BCUT2D eigenvalue weighted by atomic mass is 9.44. The number of allylic oxidation sites excluding steroid dienone is 4. The Labute approximate surface area is 172 Å². The predicted molar refractivity (Wildman–Crippen MR) is 100 cm³/mol. The van der Waals surface area contributed by atoms with Gasteiger partial charge in [-0.1, -0.05) is 18.5 Å². The summed E-state index contributed by atoms with van der Waals surface area (Å²) in [6.07, 6.45) is -1.22. The largest absolute Gasteiger partial charge is 0.390 e. The molecule has 29 heavy (non-hydrogen) atoms. The Morgan fingerprint density at radius 2 is 2.00 bits per heavy atom. The van der Waals surface area contributed by atoms with Gasteiger partial charge in [-0.2, -0.15) is 0 Å². The molecule has 4 aliphatic rings. The number of carbonyl (C=O) groups is 2. The Hall–Kier alpha value is -1.15. The molecule has 4 aliphatic carbocycles. The molecule has 0 unspecified atom stereocenters. The summed E-state index contributed by atoms with van der Waals surface area (Å²) in [7, 11) is 0. The number of ketones is 2. The number of aliphatic hydroxyl groups is 3. The molecule has 0 bridgehead atoms. The van der Waals surface area contributed by atoms with Crippen molar-refractivity contribution in [3.63, 3.8) is 0 Å². The molecule has 0 radical (unpaired) electrons. The second-order valence-corrected chi connectivity index (χ2v) is 9.87. The third-order valence-corrected chi connectivity index (χ3v) is 8.74. The van der Waals surface area contributed by atoms with Gasteiger partial charge in [0.1, 0.15) is 18.4 Å². The Morgan fingerprint density at radius 1 is 1.34 bits per heavy atom. The first-order valence-electron chi connectivity index (χ1n) is 9.89. The maximum absolute atomic E-state index is 16.9. The summed E-state index contributed by atoms with van der Waals surface area (Å²) in [5.41, 5.74) is -7.09. The molecule has 4 rings (SSSR count). The molecule has 0 saturated heterocycles. The van der Waals surface area contributed by atoms with Crippen LogP contribution in [-0.4, -0.2) is 57.0 Å². The minimum absolute atomic E-state index is 0.0122. The Kier molecular flexibility index (Phi) is 4.50. The van der Waals surface area contributed by atoms with Crippen LogP contribution < -0.4 is 0 Å². The molecule has 3 saturated carbocycles. The highest BCUT2D eigenvalue weighted by atomic mass is 35.5. The number of fused-ring (bicyclic) bond motifs is 5. The number of alkyl halides is 2. The second-order valence-electron chi connectivity index (χ2n) is 9.46. The van der Waals surface area contributed by atoms with E-state index in [1.807, 2.05) is 0 Å². The van der Waals surface area contributed by atoms with Crippen LogP contribution in [0.3, 0.4) is 0 Å². The van der Waals surface area contributed by atoms with Gasteiger partial charge in [-0.3, -0.25) is 9.59 Å². The van der Waals surface area contributed by atoms with Crippen LogP contribution in [0.25, 0.3) is 0 Å². The fourth-order valence-electron chi connectivity index (χ4n) is 6.85. The van der Waals surface area contributed by atoms with Gasteiger partial charge in [-0.15, -0.1) is 0 Å². The summed E-state index contributed by atoms with van der Waals surface area (Å²) in [6, 6.07) is 0. The summed E-state index contributed by atoms with van der Waals surface area (Å²) in [5, 5.41) is 31.3. The molecular formula is C21H25ClF2O5. The number of hydrogen-bond acceptors (Lipinski definition) is 5. The summed E-state index contributed by atoms with van der Waals surface area (Å²) >= 11 is 5.99. The summed E-state index contributed by atoms with van der Waals surface area (Å²) in [5.74, 6) is -2.95. The quantitative estimate of drug-likeness (QED) is 0.624. The molecule has 160 valence electrons. The first-order valence-corrected chi connectivity index (χ1v) is 10.3. The van der Waals surface area contributed by atoms with Crippen molar-refractivity contribution in [2.24, 2.45) is 22.7 Å². The van der Waals surface area contributed by atoms with Gasteiger partial charge >= 0.3 is 0 Å². The van der Waals surface area contributed by atoms with Crippen LogP contribution in [0.2, 0.25) is 0 Å². The van der Waals surface area contributed by atoms with Crippen molar-refractivity contribution in [1.29, 1.82) is 0 Å². The topological polar surface area (TPSA) is 94.8 Å². The van der Waals surface area contributed by atoms with Crippen LogP contribution in [0.5, 0.6) is 0 Å². The minimum Gasteiger partial charge on any atom is -0.390 e. The maximum Gasteiger partial charge on any atom is 0.196 e. The maximum atomic E-state index is 16.9. The third kappa shape index (κ3) is 2.30. The first kappa shape index (κ1) is 21.1. The fourth-order valence-corrected chi connectivity index (χ4v) is 7.12. The smallest absolute Gasteiger partial charge is 0.196 e. The summed E-state index contributed by atoms with van der Waals surface area (Å²) in [4.78, 5) is 24.3. The van der Waals surface area contributed by atoms with E-state index in [1.165, 1.54) is 13.0 Å². The van der Waals surface area contributed by atoms with Crippen molar-refractivity contribution >= 4 is 23.2 Å². The van der Waals surface area contributed by atoms with E-state index in [4.69, 9.17) is 11.6 Å². The average Bonchev–Trinajstić information content (AvgIpc) is 2.91. The van der Waals surface area contributed by atoms with Gasteiger partial charge in [0.05, 0.1) is 11.1 Å². The highest BCUT2D eigenvalue weighted by Crippen LogP contribution is 2.70. The van der Waals surface area contributed by atoms with E-state index in [1.54, 1.807) is 6.92 Å². The molecule has 3 fully saturated rings. The van der Waals surface area contributed by atoms with E-state index in [0.717, 1.165) is 6.08 Å². The zero-order valence-corrected chi connectivity index (χ0v) is 17.0. The zero-order chi connectivity index (χ0) is 21.6. The zero-order valence-electron chi connectivity index (χ0n) is 16.3. The van der Waals surface area contributed by atoms with Gasteiger partial charge < -0.3 is 15.3 Å². The predicted octanol–water partition coefficient (Wildman–Crippen LogP) is 2.16. The van der Waals surface area contributed by atoms with Gasteiger partial charge in [0.25, 0.3) is 0 Å². The molecule has 5 nitrogen and oxygen atoms in total. The molecule has 0 spiro atoms. The van der Waals surface area contributed by atoms with Gasteiger partial charge in [0, 0.05) is 16.7 Å². The normalized spacial score (nSPS) is 51.5. The van der Waals surface area contributed by atoms with Crippen molar-refractivity contribution in [3.8, 4) is 0 Å². The molecule has 0 aliphatic heterocycles. The molecule has 0 amide bonds. The van der Waals surface area contributed by atoms with Crippen molar-refractivity contribution in [2.45, 2.75) is 63.1 Å². The fraction of sp³-hybridized carbons (Fsp3) is 0.714. The van der Waals surface area contributed by atoms with Gasteiger partial charge in [-0.25, -0.2) is 8.78 Å². The highest BCUT2D eigenvalue weighted by molar-refractivity contribution is 6.44. The Morgan fingerprint density at radius 3 is 2.62 bits per heavy atom. The average molecular weight is 431 g/mol. The molecular weight excluding hydrogens is 406 g/mol. The summed E-state index contributed by atoms with van der Waals surface area (Å²) in [6.45, 7) is 2.19. The minimum atomic E-state index is -2.32. The van der Waals surface area contributed by atoms with Crippen molar-refractivity contribution in [1.82, 2.24) is 0 Å². The number of aliphatic hydroxyl groups excluding tert-OH is 2. The monoisotopic (exact) mass is 430 g/mol. The number of rotatable bonds is 2. The molecule has 0 aromatic carbocycles. The van der Waals surface area contributed by atoms with Crippen LogP contribution in [0.4, 0.5) is 8.78 Å². The third-order valence-electron chi connectivity index (χ3n) is 8.44. The van der Waals surface area contributed by atoms with Crippen molar-refractivity contribution in [2.75, 3.05) is 6.61 Å². The standard InChI is InChI=1S/C21H25ClF2O5/c1-18-8-16(27)21(24)11(10(18)3-4-20(18,29)17(28)9-25)5-14(23)12-6-15(26)13(22)7-19(12,21)2/h6-7,10-11,14,16,25,27,29H,3-5,8-9H2,1-2H3/t10-,11-,14-,16-,18-,19-,20-,21-/m0/s1. The molecule has 0 aromatic heterocycles. The molecule has 0 heterocycles. The van der Waals surface area contributed by atoms with Crippen LogP contribution in [0.15, 0.2) is 22.8 Å². The Balaban J connectivity index is 1.86. The van der Waals surface area contributed by atoms with Crippen LogP contribution >= 0.6 is 11.6 Å². The number of carbonyl (C=O) groups excluding carboxylic acids is 2. The number of hydrogen-bond donors (Lipinski definition) is 3. The van der Waals surface area contributed by atoms with Crippen LogP contribution in [-0.2, 0) is 9.59 Å². The number of halogens is 3. The molecule has 0 aromatic rings. The Bertz CT molecular complexity index is 858. The van der Waals surface area contributed by atoms with E-state index in [2.05, 4.69) is 0 Å². The van der Waals surface area contributed by atoms with Gasteiger partial charge in [-0.05, 0) is 56.3 Å². The van der Waals surface area contributed by atoms with E-state index < -0.39 is 64.4 Å². The second kappa shape index (κ2) is 6.19. The van der Waals surface area contributed by atoms with E-state index in [9.17, 15) is 24.9 Å². The lowest BCUT2D eigenvalue weighted by Gasteiger charge is -2.63. The SMILES string of the molecule is C[C@]12C=C(Cl)C(=O)C=C1[C@@H](F)C[C@H]1[C@@H]3CC[C@](O)(C(=O)CO)[C@@]3(C)C[C@H](O)[C@@]12F. The van der Waals surface area contributed by atoms with Crippen LogP contribution in [0.1, 0.15) is 39.5 Å². The lowest BCUT2D eigenvalue weighted by molar-refractivity contribution is -0.222. The van der Waals surface area contributed by atoms with E-state index >= 15 is 8.78 Å². The van der Waals surface area contributed by atoms with Crippen molar-refractivity contribution in [3.05, 3.63) is 22.8 Å². The van der Waals surface area contributed by atoms with Crippen molar-refractivity contribution < 1.29 is 33.7 Å². The van der Waals surface area contributed by atoms with Gasteiger partial charge in [0.2, 0.25) is 0 Å². The van der Waals surface area contributed by atoms with Crippen LogP contribution in [0, 0.1) is 22.7 Å². The van der Waals surface area contributed by atoms with Gasteiger partial charge in [0.15, 0.2) is 17.2 Å². The molecule has 8 heteroatoms. The molecule has 3 N–H and O–H groups in total. The summed E-state index contributed by atoms with van der Waals surface area (Å²) < 4.78 is 32.1. The van der Waals surface area contributed by atoms with E-state index in [0.29, 0.717) is 0 Å². The highest BCUT2D eigenvalue weighted by Gasteiger charge is 2.75.